The average Bonchev–Trinajstić information content (AvgIpc) is 2.75. The van der Waals surface area contributed by atoms with Crippen molar-refractivity contribution in [3.05, 3.63) is 36.1 Å². The van der Waals surface area contributed by atoms with Crippen molar-refractivity contribution in [3.63, 3.8) is 0 Å². The SMILES string of the molecule is Cc1ccccc1-c1nocc1NC(=O)OC(C)(C)C. The van der Waals surface area contributed by atoms with Gasteiger partial charge in [-0.2, -0.15) is 0 Å². The minimum Gasteiger partial charge on any atom is -0.444 e. The number of ether oxygens (including phenoxy) is 1. The number of carbonyl (C=O) groups excluding carboxylic acids is 1. The highest BCUT2D eigenvalue weighted by molar-refractivity contribution is 5.90. The highest BCUT2D eigenvalue weighted by atomic mass is 16.6. The molecule has 0 aliphatic carbocycles. The number of hydrogen-bond acceptors (Lipinski definition) is 4. The molecule has 0 saturated carbocycles. The third-order valence-corrected chi connectivity index (χ3v) is 2.61. The Morgan fingerprint density at radius 3 is 2.65 bits per heavy atom. The quantitative estimate of drug-likeness (QED) is 0.899. The Morgan fingerprint density at radius 1 is 1.30 bits per heavy atom. The van der Waals surface area contributed by atoms with Gasteiger partial charge >= 0.3 is 6.09 Å². The summed E-state index contributed by atoms with van der Waals surface area (Å²) in [6.45, 7) is 7.40. The van der Waals surface area contributed by atoms with Crippen molar-refractivity contribution in [2.24, 2.45) is 0 Å². The normalized spacial score (nSPS) is 11.2. The third-order valence-electron chi connectivity index (χ3n) is 2.61. The Balaban J connectivity index is 2.22. The molecule has 0 radical (unpaired) electrons. The molecular weight excluding hydrogens is 256 g/mol. The van der Waals surface area contributed by atoms with Crippen LogP contribution in [0.1, 0.15) is 26.3 Å². The molecule has 1 aromatic heterocycles. The summed E-state index contributed by atoms with van der Waals surface area (Å²) in [5.74, 6) is 0. The fraction of sp³-hybridized carbons (Fsp3) is 0.333. The fourth-order valence-corrected chi connectivity index (χ4v) is 1.77. The van der Waals surface area contributed by atoms with Crippen LogP contribution in [0, 0.1) is 6.92 Å². The summed E-state index contributed by atoms with van der Waals surface area (Å²) in [5.41, 5.74) is 2.49. The standard InChI is InChI=1S/C15H18N2O3/c1-10-7-5-6-8-11(10)13-12(9-19-17-13)16-14(18)20-15(2,3)4/h5-9H,1-4H3,(H,16,18). The van der Waals surface area contributed by atoms with Crippen LogP contribution in [0.25, 0.3) is 11.3 Å². The van der Waals surface area contributed by atoms with Crippen molar-refractivity contribution in [1.29, 1.82) is 0 Å². The van der Waals surface area contributed by atoms with E-state index in [2.05, 4.69) is 10.5 Å². The lowest BCUT2D eigenvalue weighted by molar-refractivity contribution is 0.0636. The first kappa shape index (κ1) is 14.1. The molecule has 1 heterocycles. The van der Waals surface area contributed by atoms with Crippen LogP contribution >= 0.6 is 0 Å². The maximum atomic E-state index is 11.8. The summed E-state index contributed by atoms with van der Waals surface area (Å²) in [6.07, 6.45) is 0.863. The molecule has 0 fully saturated rings. The van der Waals surface area contributed by atoms with Gasteiger partial charge in [0.15, 0.2) is 0 Å². The van der Waals surface area contributed by atoms with Gasteiger partial charge in [-0.3, -0.25) is 5.32 Å². The maximum Gasteiger partial charge on any atom is 0.412 e. The van der Waals surface area contributed by atoms with Gasteiger partial charge < -0.3 is 9.26 Å². The molecule has 106 valence electrons. The molecule has 5 nitrogen and oxygen atoms in total. The Bertz CT molecular complexity index is 612. The Morgan fingerprint density at radius 2 is 2.00 bits per heavy atom. The Kier molecular flexibility index (Phi) is 3.79. The Labute approximate surface area is 117 Å². The first-order chi connectivity index (χ1) is 9.37. The lowest BCUT2D eigenvalue weighted by atomic mass is 10.1. The molecule has 1 amide bonds. The lowest BCUT2D eigenvalue weighted by Gasteiger charge is -2.19. The topological polar surface area (TPSA) is 64.4 Å². The number of anilines is 1. The second-order valence-corrected chi connectivity index (χ2v) is 5.52. The van der Waals surface area contributed by atoms with Crippen LogP contribution in [-0.4, -0.2) is 16.9 Å². The van der Waals surface area contributed by atoms with E-state index in [0.29, 0.717) is 11.4 Å². The maximum absolute atomic E-state index is 11.8. The van der Waals surface area contributed by atoms with Gasteiger partial charge in [0.25, 0.3) is 0 Å². The summed E-state index contributed by atoms with van der Waals surface area (Å²) in [7, 11) is 0. The van der Waals surface area contributed by atoms with Crippen LogP contribution in [0.2, 0.25) is 0 Å². The molecule has 1 N–H and O–H groups in total. The Hall–Kier alpha value is -2.30. The minimum atomic E-state index is -0.552. The molecule has 0 atom stereocenters. The molecular formula is C15H18N2O3. The van der Waals surface area contributed by atoms with Crippen LogP contribution in [0.5, 0.6) is 0 Å². The number of amides is 1. The molecule has 2 rings (SSSR count). The second-order valence-electron chi connectivity index (χ2n) is 5.52. The number of hydrogen-bond donors (Lipinski definition) is 1. The predicted octanol–water partition coefficient (Wildman–Crippen LogP) is 4.00. The molecule has 20 heavy (non-hydrogen) atoms. The van der Waals surface area contributed by atoms with E-state index in [0.717, 1.165) is 11.1 Å². The summed E-state index contributed by atoms with van der Waals surface area (Å²) in [6, 6.07) is 7.75. The van der Waals surface area contributed by atoms with Crippen molar-refractivity contribution in [1.82, 2.24) is 5.16 Å². The fourth-order valence-electron chi connectivity index (χ4n) is 1.77. The zero-order valence-electron chi connectivity index (χ0n) is 12.1. The van der Waals surface area contributed by atoms with Crippen LogP contribution < -0.4 is 5.32 Å². The van der Waals surface area contributed by atoms with Gasteiger partial charge in [0.05, 0.1) is 0 Å². The molecule has 0 aliphatic rings. The van der Waals surface area contributed by atoms with Crippen molar-refractivity contribution in [2.75, 3.05) is 5.32 Å². The van der Waals surface area contributed by atoms with E-state index in [1.807, 2.05) is 52.0 Å². The van der Waals surface area contributed by atoms with Gasteiger partial charge in [-0.15, -0.1) is 0 Å². The van der Waals surface area contributed by atoms with Crippen molar-refractivity contribution >= 4 is 11.8 Å². The van der Waals surface area contributed by atoms with Crippen LogP contribution in [0.15, 0.2) is 35.1 Å². The second kappa shape index (κ2) is 5.36. The van der Waals surface area contributed by atoms with E-state index in [1.54, 1.807) is 0 Å². The minimum absolute atomic E-state index is 0.494. The largest absolute Gasteiger partial charge is 0.444 e. The first-order valence-electron chi connectivity index (χ1n) is 6.37. The van der Waals surface area contributed by atoms with Crippen molar-refractivity contribution in [3.8, 4) is 11.3 Å². The zero-order chi connectivity index (χ0) is 14.8. The summed E-state index contributed by atoms with van der Waals surface area (Å²) in [4.78, 5) is 11.8. The number of rotatable bonds is 2. The third kappa shape index (κ3) is 3.38. The highest BCUT2D eigenvalue weighted by Gasteiger charge is 2.19. The summed E-state index contributed by atoms with van der Waals surface area (Å²) in [5, 5.41) is 6.61. The monoisotopic (exact) mass is 274 g/mol. The van der Waals surface area contributed by atoms with Gasteiger partial charge in [-0.25, -0.2) is 4.79 Å². The van der Waals surface area contributed by atoms with Crippen LogP contribution in [0.4, 0.5) is 10.5 Å². The van der Waals surface area contributed by atoms with Gasteiger partial charge in [-0.05, 0) is 33.3 Å². The summed E-state index contributed by atoms with van der Waals surface area (Å²) >= 11 is 0. The van der Waals surface area contributed by atoms with E-state index >= 15 is 0 Å². The zero-order valence-corrected chi connectivity index (χ0v) is 12.1. The van der Waals surface area contributed by atoms with E-state index in [-0.39, 0.29) is 0 Å². The predicted molar refractivity (Wildman–Crippen MR) is 76.5 cm³/mol. The molecule has 2 aromatic rings. The van der Waals surface area contributed by atoms with Crippen molar-refractivity contribution < 1.29 is 14.1 Å². The van der Waals surface area contributed by atoms with Gasteiger partial charge in [0.1, 0.15) is 23.2 Å². The number of aryl methyl sites for hydroxylation is 1. The lowest BCUT2D eigenvalue weighted by Crippen LogP contribution is -2.27. The number of carbonyl (C=O) groups is 1. The van der Waals surface area contributed by atoms with E-state index in [4.69, 9.17) is 9.26 Å². The number of benzene rings is 1. The molecule has 5 heteroatoms. The first-order valence-corrected chi connectivity index (χ1v) is 6.37. The molecule has 0 bridgehead atoms. The van der Waals surface area contributed by atoms with Gasteiger partial charge in [0.2, 0.25) is 0 Å². The number of aromatic nitrogens is 1. The average molecular weight is 274 g/mol. The molecule has 0 unspecified atom stereocenters. The molecule has 0 saturated heterocycles. The van der Waals surface area contributed by atoms with Crippen LogP contribution in [0.3, 0.4) is 0 Å². The van der Waals surface area contributed by atoms with E-state index < -0.39 is 11.7 Å². The smallest absolute Gasteiger partial charge is 0.412 e. The van der Waals surface area contributed by atoms with Crippen LogP contribution in [-0.2, 0) is 4.74 Å². The van der Waals surface area contributed by atoms with E-state index in [1.165, 1.54) is 6.26 Å². The molecule has 1 aromatic carbocycles. The summed E-state index contributed by atoms with van der Waals surface area (Å²) < 4.78 is 10.2. The number of nitrogens with one attached hydrogen (secondary N) is 1. The van der Waals surface area contributed by atoms with Gasteiger partial charge in [-0.1, -0.05) is 29.4 Å². The molecule has 0 aliphatic heterocycles. The number of nitrogens with zero attached hydrogens (tertiary/aromatic N) is 1. The van der Waals surface area contributed by atoms with E-state index in [9.17, 15) is 4.79 Å². The van der Waals surface area contributed by atoms with Gasteiger partial charge in [0, 0.05) is 5.56 Å². The van der Waals surface area contributed by atoms with Crippen molar-refractivity contribution in [2.45, 2.75) is 33.3 Å². The molecule has 0 spiro atoms. The highest BCUT2D eigenvalue weighted by Crippen LogP contribution is 2.29.